The number of hydrogen-bond donors (Lipinski definition) is 0. The Balaban J connectivity index is 1.30. The van der Waals surface area contributed by atoms with Gasteiger partial charge in [0, 0.05) is 85.8 Å². The number of alkyl halides is 3. The highest BCUT2D eigenvalue weighted by molar-refractivity contribution is 6.31. The summed E-state index contributed by atoms with van der Waals surface area (Å²) in [5, 5.41) is 0.508. The van der Waals surface area contributed by atoms with Crippen molar-refractivity contribution in [3.05, 3.63) is 98.8 Å². The fourth-order valence-corrected chi connectivity index (χ4v) is 5.76. The number of piperazine rings is 1. The first kappa shape index (κ1) is 27.9. The van der Waals surface area contributed by atoms with Crippen LogP contribution in [0.2, 0.25) is 10.0 Å². The van der Waals surface area contributed by atoms with E-state index in [-0.39, 0.29) is 16.6 Å². The standard InChI is InChI=1S/C29H29Cl2F3N4O/c30-24-5-3-20(4-6-24)14-26-19-37(11-10-36-9-7-27-21(18-36)2-1-8-35-27)12-13-38(26)28(39)22-15-23(29(32,33)34)17-25(31)16-22/h1-6,8,15-17,26H,7,9-14,18-19H2/t26-/m1/s1. The average Bonchev–Trinajstić information content (AvgIpc) is 2.92. The molecule has 2 aliphatic rings. The Hall–Kier alpha value is -2.65. The smallest absolute Gasteiger partial charge is 0.333 e. The van der Waals surface area contributed by atoms with Gasteiger partial charge in [0.2, 0.25) is 0 Å². The molecule has 1 fully saturated rings. The molecule has 0 aliphatic carbocycles. The van der Waals surface area contributed by atoms with Gasteiger partial charge in [-0.05, 0) is 53.9 Å². The molecular weight excluding hydrogens is 548 g/mol. The van der Waals surface area contributed by atoms with Crippen LogP contribution in [0.15, 0.2) is 60.8 Å². The average molecular weight is 577 g/mol. The van der Waals surface area contributed by atoms with Crippen LogP contribution in [0.3, 0.4) is 0 Å². The lowest BCUT2D eigenvalue weighted by Gasteiger charge is -2.42. The minimum atomic E-state index is -4.59. The summed E-state index contributed by atoms with van der Waals surface area (Å²) in [5.74, 6) is -0.443. The van der Waals surface area contributed by atoms with Gasteiger partial charge in [-0.2, -0.15) is 13.2 Å². The number of carbonyl (C=O) groups is 1. The summed E-state index contributed by atoms with van der Waals surface area (Å²) in [4.78, 5) is 24.5. The molecule has 2 aromatic carbocycles. The summed E-state index contributed by atoms with van der Waals surface area (Å²) < 4.78 is 40.2. The number of pyridine rings is 1. The Morgan fingerprint density at radius 2 is 1.72 bits per heavy atom. The second-order valence-electron chi connectivity index (χ2n) is 10.1. The monoisotopic (exact) mass is 576 g/mol. The fourth-order valence-electron chi connectivity index (χ4n) is 5.40. The van der Waals surface area contributed by atoms with Gasteiger partial charge in [-0.3, -0.25) is 19.6 Å². The molecule has 1 aromatic heterocycles. The van der Waals surface area contributed by atoms with Crippen molar-refractivity contribution in [2.24, 2.45) is 0 Å². The molecule has 206 valence electrons. The Kier molecular flexibility index (Phi) is 8.47. The summed E-state index contributed by atoms with van der Waals surface area (Å²) in [6.07, 6.45) is -1.26. The molecule has 1 amide bonds. The van der Waals surface area contributed by atoms with Crippen LogP contribution >= 0.6 is 23.2 Å². The third kappa shape index (κ3) is 6.92. The maximum atomic E-state index is 13.6. The molecule has 39 heavy (non-hydrogen) atoms. The largest absolute Gasteiger partial charge is 0.416 e. The van der Waals surface area contributed by atoms with Gasteiger partial charge in [-0.15, -0.1) is 0 Å². The van der Waals surface area contributed by atoms with Gasteiger partial charge in [0.05, 0.1) is 5.56 Å². The molecule has 2 aliphatic heterocycles. The quantitative estimate of drug-likeness (QED) is 0.370. The molecule has 10 heteroatoms. The first-order valence-electron chi connectivity index (χ1n) is 13.0. The zero-order valence-corrected chi connectivity index (χ0v) is 22.8. The maximum Gasteiger partial charge on any atom is 0.416 e. The lowest BCUT2D eigenvalue weighted by Crippen LogP contribution is -2.57. The Labute approximate surface area is 236 Å². The van der Waals surface area contributed by atoms with Gasteiger partial charge in [0.1, 0.15) is 0 Å². The molecule has 0 spiro atoms. The van der Waals surface area contributed by atoms with Gasteiger partial charge >= 0.3 is 6.18 Å². The number of amides is 1. The molecule has 3 aromatic rings. The first-order chi connectivity index (χ1) is 18.7. The number of rotatable bonds is 6. The SMILES string of the molecule is O=C(c1cc(Cl)cc(C(F)(F)F)c1)N1CCN(CCN2CCc3ncccc3C2)C[C@H]1Cc1ccc(Cl)cc1. The zero-order chi connectivity index (χ0) is 27.6. The lowest BCUT2D eigenvalue weighted by atomic mass is 10.00. The van der Waals surface area contributed by atoms with E-state index >= 15 is 0 Å². The number of halogens is 5. The van der Waals surface area contributed by atoms with Crippen LogP contribution in [0.25, 0.3) is 0 Å². The zero-order valence-electron chi connectivity index (χ0n) is 21.3. The molecule has 3 heterocycles. The Bertz CT molecular complexity index is 1320. The highest BCUT2D eigenvalue weighted by atomic mass is 35.5. The molecule has 5 rings (SSSR count). The van der Waals surface area contributed by atoms with E-state index in [0.717, 1.165) is 50.3 Å². The number of aromatic nitrogens is 1. The number of fused-ring (bicyclic) bond motifs is 1. The van der Waals surface area contributed by atoms with Crippen molar-refractivity contribution in [2.75, 3.05) is 39.3 Å². The molecule has 0 unspecified atom stereocenters. The van der Waals surface area contributed by atoms with Crippen LogP contribution in [0.5, 0.6) is 0 Å². The number of nitrogens with zero attached hydrogens (tertiary/aromatic N) is 4. The van der Waals surface area contributed by atoms with Crippen molar-refractivity contribution in [3.63, 3.8) is 0 Å². The van der Waals surface area contributed by atoms with Gasteiger partial charge < -0.3 is 4.90 Å². The van der Waals surface area contributed by atoms with Crippen LogP contribution in [0.1, 0.15) is 32.7 Å². The van der Waals surface area contributed by atoms with Crippen molar-refractivity contribution in [1.82, 2.24) is 19.7 Å². The van der Waals surface area contributed by atoms with Crippen LogP contribution < -0.4 is 0 Å². The number of benzene rings is 2. The van der Waals surface area contributed by atoms with E-state index in [1.54, 1.807) is 17.0 Å². The van der Waals surface area contributed by atoms with Crippen LogP contribution in [0, 0.1) is 0 Å². The van der Waals surface area contributed by atoms with Crippen LogP contribution in [-0.4, -0.2) is 70.9 Å². The normalized spacial score (nSPS) is 18.7. The highest BCUT2D eigenvalue weighted by Gasteiger charge is 2.35. The molecule has 0 bridgehead atoms. The predicted octanol–water partition coefficient (Wildman–Crippen LogP) is 5.83. The molecule has 0 radical (unpaired) electrons. The summed E-state index contributed by atoms with van der Waals surface area (Å²) in [7, 11) is 0. The van der Waals surface area contributed by atoms with Gasteiger partial charge in [-0.1, -0.05) is 41.4 Å². The van der Waals surface area contributed by atoms with E-state index < -0.39 is 17.6 Å². The van der Waals surface area contributed by atoms with Gasteiger partial charge in [0.15, 0.2) is 0 Å². The van der Waals surface area contributed by atoms with Crippen molar-refractivity contribution >= 4 is 29.1 Å². The summed E-state index contributed by atoms with van der Waals surface area (Å²) in [5.41, 5.74) is 2.46. The topological polar surface area (TPSA) is 39.7 Å². The molecular formula is C29H29Cl2F3N4O. The highest BCUT2D eigenvalue weighted by Crippen LogP contribution is 2.32. The summed E-state index contributed by atoms with van der Waals surface area (Å²) in [6.45, 7) is 5.22. The molecule has 5 nitrogen and oxygen atoms in total. The second kappa shape index (κ2) is 11.8. The van der Waals surface area contributed by atoms with Crippen molar-refractivity contribution < 1.29 is 18.0 Å². The Morgan fingerprint density at radius 3 is 2.49 bits per heavy atom. The van der Waals surface area contributed by atoms with Gasteiger partial charge in [0.25, 0.3) is 5.91 Å². The van der Waals surface area contributed by atoms with E-state index in [9.17, 15) is 18.0 Å². The van der Waals surface area contributed by atoms with Crippen molar-refractivity contribution in [1.29, 1.82) is 0 Å². The molecule has 1 saturated heterocycles. The van der Waals surface area contributed by atoms with E-state index in [4.69, 9.17) is 23.2 Å². The lowest BCUT2D eigenvalue weighted by molar-refractivity contribution is -0.137. The second-order valence-corrected chi connectivity index (χ2v) is 11.0. The van der Waals surface area contributed by atoms with Crippen molar-refractivity contribution in [2.45, 2.75) is 31.6 Å². The van der Waals surface area contributed by atoms with E-state index in [1.165, 1.54) is 17.3 Å². The first-order valence-corrected chi connectivity index (χ1v) is 13.7. The van der Waals surface area contributed by atoms with Crippen molar-refractivity contribution in [3.8, 4) is 0 Å². The van der Waals surface area contributed by atoms with E-state index in [2.05, 4.69) is 20.9 Å². The number of carbonyl (C=O) groups excluding carboxylic acids is 1. The molecule has 0 saturated carbocycles. The van der Waals surface area contributed by atoms with E-state index in [0.29, 0.717) is 31.1 Å². The minimum Gasteiger partial charge on any atom is -0.333 e. The summed E-state index contributed by atoms with van der Waals surface area (Å²) >= 11 is 12.1. The van der Waals surface area contributed by atoms with Crippen LogP contribution in [0.4, 0.5) is 13.2 Å². The molecule has 1 atom stereocenters. The molecule has 0 N–H and O–H groups in total. The fraction of sp³-hybridized carbons (Fsp3) is 0.379. The van der Waals surface area contributed by atoms with Gasteiger partial charge in [-0.25, -0.2) is 0 Å². The maximum absolute atomic E-state index is 13.6. The summed E-state index contributed by atoms with van der Waals surface area (Å²) in [6, 6.07) is 14.4. The Morgan fingerprint density at radius 1 is 0.949 bits per heavy atom. The minimum absolute atomic E-state index is 0.0510. The van der Waals surface area contributed by atoms with E-state index in [1.807, 2.05) is 24.4 Å². The third-order valence-electron chi connectivity index (χ3n) is 7.46. The number of hydrogen-bond acceptors (Lipinski definition) is 4. The third-order valence-corrected chi connectivity index (χ3v) is 7.93. The predicted molar refractivity (Wildman–Crippen MR) is 146 cm³/mol. The van der Waals surface area contributed by atoms with Crippen LogP contribution in [-0.2, 0) is 25.6 Å².